The first-order valence-electron chi connectivity index (χ1n) is 9.41. The Hall–Kier alpha value is -1.51. The summed E-state index contributed by atoms with van der Waals surface area (Å²) in [4.78, 5) is 15.3. The number of nitrogens with one attached hydrogen (secondary N) is 2. The molecule has 1 aliphatic carbocycles. The Morgan fingerprint density at radius 2 is 2.08 bits per heavy atom. The molecule has 0 spiro atoms. The minimum absolute atomic E-state index is 0.0253. The lowest BCUT2D eigenvalue weighted by Gasteiger charge is -2.43. The number of hydrogen-bond acceptors (Lipinski definition) is 6. The van der Waals surface area contributed by atoms with Gasteiger partial charge in [0.05, 0.1) is 23.9 Å². The van der Waals surface area contributed by atoms with Gasteiger partial charge in [-0.2, -0.15) is 0 Å². The highest BCUT2D eigenvalue weighted by molar-refractivity contribution is 5.84. The fourth-order valence-corrected chi connectivity index (χ4v) is 4.98. The van der Waals surface area contributed by atoms with E-state index < -0.39 is 6.04 Å². The number of hydrogen-bond donors (Lipinski definition) is 4. The van der Waals surface area contributed by atoms with Gasteiger partial charge in [-0.1, -0.05) is 30.3 Å². The first kappa shape index (κ1) is 17.9. The molecule has 4 rings (SSSR count). The van der Waals surface area contributed by atoms with Crippen LogP contribution in [0.3, 0.4) is 0 Å². The smallest absolute Gasteiger partial charge is 0.242 e. The summed E-state index contributed by atoms with van der Waals surface area (Å²) in [5.41, 5.74) is 13.1. The van der Waals surface area contributed by atoms with Crippen molar-refractivity contribution in [2.24, 2.45) is 5.73 Å². The Kier molecular flexibility index (Phi) is 4.75. The number of nitrogens with two attached hydrogens (primary N) is 1. The van der Waals surface area contributed by atoms with Crippen molar-refractivity contribution in [2.45, 2.75) is 61.6 Å². The standard InChI is InChI=1S/C19H28N4O3/c1-26-19-8-7-13(24)11-14(19)23(10-9-19)18(25)16-15(17(20)22-21-16)12-5-3-2-4-6-12/h2-6,13-17,21-22,24H,7-11,20H2,1H3/t13-,14+,15?,16?,17?,19-/m1/s1. The molecule has 2 aliphatic heterocycles. The second-order valence-electron chi connectivity index (χ2n) is 7.72. The monoisotopic (exact) mass is 360 g/mol. The third-order valence-corrected chi connectivity index (χ3v) is 6.45. The van der Waals surface area contributed by atoms with Crippen molar-refractivity contribution in [1.29, 1.82) is 0 Å². The summed E-state index contributed by atoms with van der Waals surface area (Å²) in [6, 6.07) is 9.38. The first-order valence-corrected chi connectivity index (χ1v) is 9.41. The van der Waals surface area contributed by atoms with Crippen LogP contribution in [0.5, 0.6) is 0 Å². The van der Waals surface area contributed by atoms with Crippen LogP contribution in [0.2, 0.25) is 0 Å². The van der Waals surface area contributed by atoms with Crippen LogP contribution >= 0.6 is 0 Å². The van der Waals surface area contributed by atoms with Gasteiger partial charge in [-0.05, 0) is 31.2 Å². The SMILES string of the molecule is CO[C@@]12CC[C@@H](O)C[C@@H]1N(C(=O)C1NNC(N)C1c1ccccc1)CC2. The number of carbonyl (C=O) groups excluding carboxylic acids is 1. The predicted octanol–water partition coefficient (Wildman–Crippen LogP) is 0.0623. The summed E-state index contributed by atoms with van der Waals surface area (Å²) in [6.07, 6.45) is 2.19. The molecule has 26 heavy (non-hydrogen) atoms. The third-order valence-electron chi connectivity index (χ3n) is 6.45. The summed E-state index contributed by atoms with van der Waals surface area (Å²) in [6.45, 7) is 0.652. The highest BCUT2D eigenvalue weighted by atomic mass is 16.5. The van der Waals surface area contributed by atoms with E-state index in [1.165, 1.54) is 0 Å². The quantitative estimate of drug-likeness (QED) is 0.608. The summed E-state index contributed by atoms with van der Waals surface area (Å²) in [5, 5.41) is 10.2. The average molecular weight is 360 g/mol. The largest absolute Gasteiger partial charge is 0.393 e. The van der Waals surface area contributed by atoms with Crippen LogP contribution in [0.15, 0.2) is 30.3 Å². The van der Waals surface area contributed by atoms with E-state index in [9.17, 15) is 9.90 Å². The van der Waals surface area contributed by atoms with E-state index in [1.807, 2.05) is 35.2 Å². The summed E-state index contributed by atoms with van der Waals surface area (Å²) in [5.74, 6) is -0.118. The maximum absolute atomic E-state index is 13.4. The molecule has 7 heteroatoms. The van der Waals surface area contributed by atoms with Gasteiger partial charge in [-0.25, -0.2) is 10.9 Å². The Morgan fingerprint density at radius 3 is 2.81 bits per heavy atom. The number of benzene rings is 1. The van der Waals surface area contributed by atoms with E-state index in [0.29, 0.717) is 13.0 Å². The molecule has 2 heterocycles. The van der Waals surface area contributed by atoms with Crippen molar-refractivity contribution in [2.75, 3.05) is 13.7 Å². The lowest BCUT2D eigenvalue weighted by atomic mass is 9.79. The molecule has 1 aromatic rings. The zero-order valence-electron chi connectivity index (χ0n) is 15.1. The summed E-state index contributed by atoms with van der Waals surface area (Å²) in [7, 11) is 1.72. The normalized spacial score (nSPS) is 39.8. The molecule has 6 atom stereocenters. The molecular weight excluding hydrogens is 332 g/mol. The number of methoxy groups -OCH3 is 1. The topological polar surface area (TPSA) is 99.8 Å². The van der Waals surface area contributed by atoms with Crippen LogP contribution in [-0.4, -0.2) is 59.5 Å². The number of fused-ring (bicyclic) bond motifs is 1. The van der Waals surface area contributed by atoms with Gasteiger partial charge in [0.1, 0.15) is 6.04 Å². The van der Waals surface area contributed by atoms with Gasteiger partial charge in [0.15, 0.2) is 0 Å². The van der Waals surface area contributed by atoms with Gasteiger partial charge in [0, 0.05) is 19.6 Å². The second-order valence-corrected chi connectivity index (χ2v) is 7.72. The van der Waals surface area contributed by atoms with Crippen LogP contribution < -0.4 is 16.6 Å². The Labute approximate surface area is 153 Å². The lowest BCUT2D eigenvalue weighted by molar-refractivity contribution is -0.142. The number of hydrazine groups is 1. The van der Waals surface area contributed by atoms with Crippen LogP contribution in [0.4, 0.5) is 0 Å². The maximum Gasteiger partial charge on any atom is 0.242 e. The molecule has 0 aromatic heterocycles. The summed E-state index contributed by atoms with van der Waals surface area (Å²) >= 11 is 0. The molecule has 1 aromatic carbocycles. The molecule has 2 saturated heterocycles. The van der Waals surface area contributed by atoms with Gasteiger partial charge in [-0.3, -0.25) is 4.79 Å². The van der Waals surface area contributed by atoms with Crippen molar-refractivity contribution >= 4 is 5.91 Å². The molecule has 0 bridgehead atoms. The number of carbonyl (C=O) groups is 1. The van der Waals surface area contributed by atoms with Gasteiger partial charge in [-0.15, -0.1) is 0 Å². The molecule has 1 amide bonds. The van der Waals surface area contributed by atoms with Crippen molar-refractivity contribution in [3.8, 4) is 0 Å². The first-order chi connectivity index (χ1) is 12.6. The van der Waals surface area contributed by atoms with Crippen LogP contribution in [0.25, 0.3) is 0 Å². The zero-order valence-corrected chi connectivity index (χ0v) is 15.1. The third kappa shape index (κ3) is 2.84. The number of likely N-dealkylation sites (tertiary alicyclic amines) is 1. The van der Waals surface area contributed by atoms with Crippen molar-refractivity contribution < 1.29 is 14.6 Å². The molecule has 3 unspecified atom stereocenters. The molecule has 3 aliphatic rings. The lowest BCUT2D eigenvalue weighted by Crippen LogP contribution is -2.56. The van der Waals surface area contributed by atoms with Crippen LogP contribution in [0, 0.1) is 0 Å². The van der Waals surface area contributed by atoms with Gasteiger partial charge in [0.2, 0.25) is 5.91 Å². The average Bonchev–Trinajstić information content (AvgIpc) is 3.23. The van der Waals surface area contributed by atoms with Crippen LogP contribution in [0.1, 0.15) is 37.2 Å². The number of aliphatic hydroxyl groups is 1. The maximum atomic E-state index is 13.4. The fraction of sp³-hybridized carbons (Fsp3) is 0.632. The molecule has 1 saturated carbocycles. The summed E-state index contributed by atoms with van der Waals surface area (Å²) < 4.78 is 5.86. The number of rotatable bonds is 3. The number of amides is 1. The molecule has 0 radical (unpaired) electrons. The number of aliphatic hydroxyl groups excluding tert-OH is 1. The van der Waals surface area contributed by atoms with Crippen LogP contribution in [-0.2, 0) is 9.53 Å². The van der Waals surface area contributed by atoms with E-state index in [1.54, 1.807) is 7.11 Å². The van der Waals surface area contributed by atoms with Crippen molar-refractivity contribution in [3.05, 3.63) is 35.9 Å². The van der Waals surface area contributed by atoms with E-state index in [0.717, 1.165) is 24.8 Å². The Balaban J connectivity index is 1.59. The van der Waals surface area contributed by atoms with E-state index in [4.69, 9.17) is 10.5 Å². The predicted molar refractivity (Wildman–Crippen MR) is 96.9 cm³/mol. The molecule has 142 valence electrons. The Morgan fingerprint density at radius 1 is 1.31 bits per heavy atom. The minimum atomic E-state index is -0.431. The minimum Gasteiger partial charge on any atom is -0.393 e. The van der Waals surface area contributed by atoms with Gasteiger partial charge >= 0.3 is 0 Å². The van der Waals surface area contributed by atoms with E-state index in [-0.39, 0.29) is 35.7 Å². The fourth-order valence-electron chi connectivity index (χ4n) is 4.98. The molecule has 5 N–H and O–H groups in total. The van der Waals surface area contributed by atoms with E-state index >= 15 is 0 Å². The van der Waals surface area contributed by atoms with Crippen molar-refractivity contribution in [1.82, 2.24) is 15.8 Å². The Bertz CT molecular complexity index is 657. The molecule has 3 fully saturated rings. The molecular formula is C19H28N4O3. The zero-order chi connectivity index (χ0) is 18.3. The van der Waals surface area contributed by atoms with Crippen molar-refractivity contribution in [3.63, 3.8) is 0 Å². The number of nitrogens with zero attached hydrogens (tertiary/aromatic N) is 1. The highest BCUT2D eigenvalue weighted by Gasteiger charge is 2.54. The van der Waals surface area contributed by atoms with Gasteiger partial charge < -0.3 is 20.5 Å². The molecule has 7 nitrogen and oxygen atoms in total. The van der Waals surface area contributed by atoms with Gasteiger partial charge in [0.25, 0.3) is 0 Å². The van der Waals surface area contributed by atoms with E-state index in [2.05, 4.69) is 10.9 Å². The highest BCUT2D eigenvalue weighted by Crippen LogP contribution is 2.43. The second kappa shape index (κ2) is 6.90. The number of ether oxygens (including phenoxy) is 1.